The fraction of sp³-hybridized carbons (Fsp3) is 0.600. The predicted octanol–water partition coefficient (Wildman–Crippen LogP) is 2.54. The van der Waals surface area contributed by atoms with Crippen molar-refractivity contribution >= 4 is 11.6 Å². The van der Waals surface area contributed by atoms with Gasteiger partial charge in [-0.3, -0.25) is 5.84 Å². The number of nitrogens with zero attached hydrogens (tertiary/aromatic N) is 2. The van der Waals surface area contributed by atoms with Gasteiger partial charge in [0.15, 0.2) is 0 Å². The Balaban J connectivity index is 2.05. The van der Waals surface area contributed by atoms with Crippen molar-refractivity contribution in [2.75, 3.05) is 27.2 Å². The van der Waals surface area contributed by atoms with Crippen molar-refractivity contribution in [1.29, 1.82) is 0 Å². The second-order valence-electron chi connectivity index (χ2n) is 5.82. The molecule has 3 nitrogen and oxygen atoms in total. The first-order chi connectivity index (χ1) is 9.02. The van der Waals surface area contributed by atoms with Gasteiger partial charge < -0.3 is 4.90 Å². The lowest BCUT2D eigenvalue weighted by Crippen LogP contribution is -2.58. The minimum Gasteiger partial charge on any atom is -0.302 e. The van der Waals surface area contributed by atoms with Crippen LogP contribution in [0.2, 0.25) is 5.02 Å². The fourth-order valence-electron chi connectivity index (χ4n) is 3.01. The number of piperidine rings is 1. The molecule has 1 aromatic rings. The molecule has 106 valence electrons. The third-order valence-corrected chi connectivity index (χ3v) is 4.54. The first kappa shape index (κ1) is 14.8. The zero-order valence-electron chi connectivity index (χ0n) is 11.9. The van der Waals surface area contributed by atoms with Crippen molar-refractivity contribution in [3.63, 3.8) is 0 Å². The maximum Gasteiger partial charge on any atom is 0.0408 e. The maximum atomic E-state index is 6.05. The Bertz CT molecular complexity index is 422. The zero-order chi connectivity index (χ0) is 13.9. The molecule has 19 heavy (non-hydrogen) atoms. The average molecular weight is 282 g/mol. The number of benzene rings is 1. The summed E-state index contributed by atoms with van der Waals surface area (Å²) < 4.78 is 0. The number of aryl methyl sites for hydroxylation is 1. The number of rotatable bonds is 4. The lowest BCUT2D eigenvalue weighted by Gasteiger charge is -2.46. The van der Waals surface area contributed by atoms with E-state index in [1.807, 2.05) is 17.1 Å². The largest absolute Gasteiger partial charge is 0.302 e. The van der Waals surface area contributed by atoms with Gasteiger partial charge in [0.2, 0.25) is 0 Å². The van der Waals surface area contributed by atoms with Crippen LogP contribution in [0.1, 0.15) is 24.8 Å². The quantitative estimate of drug-likeness (QED) is 0.861. The standard InChI is InChI=1S/C15H24ClN3/c1-18(2)15(8-4-10-19(17)12-15)9-7-13-5-3-6-14(16)11-13/h3,5-6,11H,4,7-10,12,17H2,1-2H3. The van der Waals surface area contributed by atoms with Gasteiger partial charge in [0.1, 0.15) is 0 Å². The molecule has 0 aromatic heterocycles. The normalized spacial score (nSPS) is 24.9. The second-order valence-corrected chi connectivity index (χ2v) is 6.26. The summed E-state index contributed by atoms with van der Waals surface area (Å²) in [7, 11) is 4.33. The van der Waals surface area contributed by atoms with Gasteiger partial charge in [-0.25, -0.2) is 5.01 Å². The summed E-state index contributed by atoms with van der Waals surface area (Å²) in [5.41, 5.74) is 1.50. The third kappa shape index (κ3) is 3.69. The van der Waals surface area contributed by atoms with E-state index < -0.39 is 0 Å². The van der Waals surface area contributed by atoms with Crippen molar-refractivity contribution in [2.24, 2.45) is 5.84 Å². The minimum atomic E-state index is 0.190. The molecule has 0 aliphatic carbocycles. The number of hydrogen-bond donors (Lipinski definition) is 1. The number of likely N-dealkylation sites (N-methyl/N-ethyl adjacent to an activating group) is 1. The first-order valence-corrected chi connectivity index (χ1v) is 7.31. The molecule has 4 heteroatoms. The topological polar surface area (TPSA) is 32.5 Å². The van der Waals surface area contributed by atoms with Gasteiger partial charge in [0, 0.05) is 23.7 Å². The Hall–Kier alpha value is -0.610. The summed E-state index contributed by atoms with van der Waals surface area (Å²) >= 11 is 6.05. The van der Waals surface area contributed by atoms with Gasteiger partial charge in [-0.1, -0.05) is 23.7 Å². The Labute approximate surface area is 121 Å². The molecule has 1 saturated heterocycles. The van der Waals surface area contributed by atoms with E-state index in [9.17, 15) is 0 Å². The van der Waals surface area contributed by atoms with Crippen LogP contribution in [0.3, 0.4) is 0 Å². The first-order valence-electron chi connectivity index (χ1n) is 6.93. The molecule has 1 aliphatic rings. The van der Waals surface area contributed by atoms with Gasteiger partial charge in [-0.05, 0) is 57.5 Å². The van der Waals surface area contributed by atoms with Crippen LogP contribution in [0.5, 0.6) is 0 Å². The number of nitrogens with two attached hydrogens (primary N) is 1. The Morgan fingerprint density at radius 1 is 1.42 bits per heavy atom. The smallest absolute Gasteiger partial charge is 0.0408 e. The number of hydrazine groups is 1. The summed E-state index contributed by atoms with van der Waals surface area (Å²) in [6.07, 6.45) is 4.55. The van der Waals surface area contributed by atoms with E-state index in [-0.39, 0.29) is 5.54 Å². The summed E-state index contributed by atoms with van der Waals surface area (Å²) in [4.78, 5) is 2.34. The van der Waals surface area contributed by atoms with E-state index in [2.05, 4.69) is 31.1 Å². The van der Waals surface area contributed by atoms with Crippen LogP contribution < -0.4 is 5.84 Å². The number of halogens is 1. The summed E-state index contributed by atoms with van der Waals surface area (Å²) in [6, 6.07) is 8.16. The minimum absolute atomic E-state index is 0.190. The molecule has 1 unspecified atom stereocenters. The summed E-state index contributed by atoms with van der Waals surface area (Å²) in [5, 5.41) is 2.78. The number of hydrogen-bond acceptors (Lipinski definition) is 3. The van der Waals surface area contributed by atoms with Gasteiger partial charge in [-0.15, -0.1) is 0 Å². The highest BCUT2D eigenvalue weighted by Gasteiger charge is 2.36. The maximum absolute atomic E-state index is 6.05. The van der Waals surface area contributed by atoms with Crippen molar-refractivity contribution in [3.05, 3.63) is 34.9 Å². The monoisotopic (exact) mass is 281 g/mol. The van der Waals surface area contributed by atoms with Crippen LogP contribution in [0.4, 0.5) is 0 Å². The molecule has 1 heterocycles. The molecule has 0 amide bonds. The van der Waals surface area contributed by atoms with Gasteiger partial charge >= 0.3 is 0 Å². The molecular formula is C15H24ClN3. The van der Waals surface area contributed by atoms with Crippen LogP contribution in [0.15, 0.2) is 24.3 Å². The van der Waals surface area contributed by atoms with Crippen LogP contribution in [-0.2, 0) is 6.42 Å². The molecule has 2 N–H and O–H groups in total. The third-order valence-electron chi connectivity index (χ3n) is 4.30. The van der Waals surface area contributed by atoms with E-state index >= 15 is 0 Å². The molecule has 2 rings (SSSR count). The van der Waals surface area contributed by atoms with Crippen LogP contribution >= 0.6 is 11.6 Å². The molecule has 1 atom stereocenters. The SMILES string of the molecule is CN(C)C1(CCc2cccc(Cl)c2)CCCN(N)C1. The van der Waals surface area contributed by atoms with E-state index in [4.69, 9.17) is 17.4 Å². The van der Waals surface area contributed by atoms with Crippen LogP contribution in [0.25, 0.3) is 0 Å². The van der Waals surface area contributed by atoms with Crippen molar-refractivity contribution in [2.45, 2.75) is 31.2 Å². The average Bonchev–Trinajstić information content (AvgIpc) is 2.36. The van der Waals surface area contributed by atoms with Gasteiger partial charge in [0.25, 0.3) is 0 Å². The van der Waals surface area contributed by atoms with Crippen LogP contribution in [0, 0.1) is 0 Å². The lowest BCUT2D eigenvalue weighted by molar-refractivity contribution is 0.0372. The molecule has 0 radical (unpaired) electrons. The fourth-order valence-corrected chi connectivity index (χ4v) is 3.22. The van der Waals surface area contributed by atoms with E-state index in [1.165, 1.54) is 18.4 Å². The second kappa shape index (κ2) is 6.23. The Morgan fingerprint density at radius 3 is 2.84 bits per heavy atom. The van der Waals surface area contributed by atoms with Gasteiger partial charge in [-0.2, -0.15) is 0 Å². The molecule has 1 aliphatic heterocycles. The van der Waals surface area contributed by atoms with Crippen molar-refractivity contribution in [1.82, 2.24) is 9.91 Å². The molecule has 1 fully saturated rings. The Morgan fingerprint density at radius 2 is 2.21 bits per heavy atom. The van der Waals surface area contributed by atoms with Crippen molar-refractivity contribution < 1.29 is 0 Å². The van der Waals surface area contributed by atoms with Crippen LogP contribution in [-0.4, -0.2) is 42.6 Å². The molecule has 0 spiro atoms. The van der Waals surface area contributed by atoms with Gasteiger partial charge in [0.05, 0.1) is 0 Å². The van der Waals surface area contributed by atoms with E-state index in [0.29, 0.717) is 0 Å². The van der Waals surface area contributed by atoms with E-state index in [0.717, 1.165) is 31.0 Å². The molecule has 0 saturated carbocycles. The highest BCUT2D eigenvalue weighted by Crippen LogP contribution is 2.29. The van der Waals surface area contributed by atoms with Crippen molar-refractivity contribution in [3.8, 4) is 0 Å². The Kier molecular flexibility index (Phi) is 4.85. The highest BCUT2D eigenvalue weighted by atomic mass is 35.5. The predicted molar refractivity (Wildman–Crippen MR) is 81.2 cm³/mol. The zero-order valence-corrected chi connectivity index (χ0v) is 12.7. The molecule has 1 aromatic carbocycles. The summed E-state index contributed by atoms with van der Waals surface area (Å²) in [5.74, 6) is 6.03. The molecular weight excluding hydrogens is 258 g/mol. The van der Waals surface area contributed by atoms with E-state index in [1.54, 1.807) is 0 Å². The molecule has 0 bridgehead atoms. The highest BCUT2D eigenvalue weighted by molar-refractivity contribution is 6.30. The summed E-state index contributed by atoms with van der Waals surface area (Å²) in [6.45, 7) is 1.95. The lowest BCUT2D eigenvalue weighted by atomic mass is 9.83.